The Bertz CT molecular complexity index is 777. The second-order valence-corrected chi connectivity index (χ2v) is 7.39. The molecule has 0 spiro atoms. The van der Waals surface area contributed by atoms with Crippen LogP contribution in [0.2, 0.25) is 0 Å². The summed E-state index contributed by atoms with van der Waals surface area (Å²) in [5.74, 6) is 1.84. The van der Waals surface area contributed by atoms with E-state index in [4.69, 9.17) is 13.7 Å². The molecule has 0 bridgehead atoms. The Morgan fingerprint density at radius 3 is 3.04 bits per heavy atom. The molecule has 0 saturated carbocycles. The number of aliphatic hydroxyl groups excluding tert-OH is 1. The molecule has 146 valence electrons. The zero-order valence-electron chi connectivity index (χ0n) is 15.3. The van der Waals surface area contributed by atoms with Crippen LogP contribution in [0.15, 0.2) is 27.3 Å². The van der Waals surface area contributed by atoms with E-state index < -0.39 is 0 Å². The van der Waals surface area contributed by atoms with Crippen LogP contribution in [0.1, 0.15) is 12.3 Å². The van der Waals surface area contributed by atoms with Crippen LogP contribution in [0.5, 0.6) is 0 Å². The number of aliphatic hydroxyl groups is 1. The highest BCUT2D eigenvalue weighted by molar-refractivity contribution is 5.76. The SMILES string of the molecule is COCCC(=O)N1CC2CN(Cc3nc(-c4ccco4)no3)CC2(CO)C1. The number of rotatable bonds is 7. The molecule has 27 heavy (non-hydrogen) atoms. The molecule has 2 aromatic heterocycles. The summed E-state index contributed by atoms with van der Waals surface area (Å²) < 4.78 is 15.6. The number of fused-ring (bicyclic) bond motifs is 1. The number of hydrogen-bond acceptors (Lipinski definition) is 8. The molecule has 1 amide bonds. The number of methoxy groups -OCH3 is 1. The molecule has 2 aliphatic heterocycles. The van der Waals surface area contributed by atoms with E-state index in [2.05, 4.69) is 15.0 Å². The summed E-state index contributed by atoms with van der Waals surface area (Å²) in [5.41, 5.74) is -0.285. The predicted octanol–water partition coefficient (Wildman–Crippen LogP) is 0.619. The van der Waals surface area contributed by atoms with Gasteiger partial charge in [0, 0.05) is 38.7 Å². The third kappa shape index (κ3) is 3.50. The fourth-order valence-corrected chi connectivity index (χ4v) is 4.19. The molecule has 1 N–H and O–H groups in total. The number of nitrogens with zero attached hydrogens (tertiary/aromatic N) is 4. The average molecular weight is 376 g/mol. The van der Waals surface area contributed by atoms with Gasteiger partial charge in [-0.1, -0.05) is 5.16 Å². The van der Waals surface area contributed by atoms with E-state index in [9.17, 15) is 9.90 Å². The molecule has 2 aliphatic rings. The van der Waals surface area contributed by atoms with Gasteiger partial charge in [-0.25, -0.2) is 0 Å². The molecule has 2 atom stereocenters. The minimum Gasteiger partial charge on any atom is -0.461 e. The Labute approximate surface area is 156 Å². The highest BCUT2D eigenvalue weighted by Crippen LogP contribution is 2.42. The lowest BCUT2D eigenvalue weighted by Crippen LogP contribution is -2.39. The maximum Gasteiger partial charge on any atom is 0.241 e. The molecule has 2 saturated heterocycles. The monoisotopic (exact) mass is 376 g/mol. The Balaban J connectivity index is 1.38. The second-order valence-electron chi connectivity index (χ2n) is 7.39. The first-order valence-corrected chi connectivity index (χ1v) is 9.10. The van der Waals surface area contributed by atoms with E-state index in [0.29, 0.717) is 56.7 Å². The number of aromatic nitrogens is 2. The van der Waals surface area contributed by atoms with Crippen molar-refractivity contribution in [2.24, 2.45) is 11.3 Å². The number of ether oxygens (including phenoxy) is 1. The first-order chi connectivity index (χ1) is 13.1. The Kier molecular flexibility index (Phi) is 4.98. The first kappa shape index (κ1) is 18.1. The van der Waals surface area contributed by atoms with Crippen LogP contribution in [0.4, 0.5) is 0 Å². The van der Waals surface area contributed by atoms with Crippen molar-refractivity contribution in [2.75, 3.05) is 46.5 Å². The van der Waals surface area contributed by atoms with Gasteiger partial charge in [0.15, 0.2) is 5.76 Å². The molecule has 4 heterocycles. The Morgan fingerprint density at radius 1 is 1.44 bits per heavy atom. The number of carbonyl (C=O) groups is 1. The molecule has 0 aliphatic carbocycles. The average Bonchev–Trinajstić information content (AvgIpc) is 3.42. The van der Waals surface area contributed by atoms with Gasteiger partial charge in [-0.15, -0.1) is 0 Å². The zero-order chi connectivity index (χ0) is 18.9. The van der Waals surface area contributed by atoms with Crippen LogP contribution in [-0.4, -0.2) is 77.5 Å². The molecular formula is C18H24N4O5. The van der Waals surface area contributed by atoms with E-state index in [1.807, 2.05) is 4.90 Å². The van der Waals surface area contributed by atoms with Crippen LogP contribution in [0.3, 0.4) is 0 Å². The normalized spacial score (nSPS) is 25.3. The van der Waals surface area contributed by atoms with E-state index in [1.54, 1.807) is 25.5 Å². The van der Waals surface area contributed by atoms with Crippen molar-refractivity contribution < 1.29 is 23.6 Å². The van der Waals surface area contributed by atoms with Crippen molar-refractivity contribution in [2.45, 2.75) is 13.0 Å². The van der Waals surface area contributed by atoms with E-state index >= 15 is 0 Å². The Morgan fingerprint density at radius 2 is 2.33 bits per heavy atom. The third-order valence-corrected chi connectivity index (χ3v) is 5.59. The van der Waals surface area contributed by atoms with Crippen molar-refractivity contribution in [1.29, 1.82) is 0 Å². The van der Waals surface area contributed by atoms with E-state index in [1.165, 1.54) is 0 Å². The van der Waals surface area contributed by atoms with Gasteiger partial charge in [-0.2, -0.15) is 4.98 Å². The predicted molar refractivity (Wildman–Crippen MR) is 93.4 cm³/mol. The van der Waals surface area contributed by atoms with Crippen molar-refractivity contribution in [1.82, 2.24) is 19.9 Å². The van der Waals surface area contributed by atoms with Gasteiger partial charge in [0.25, 0.3) is 0 Å². The maximum absolute atomic E-state index is 12.3. The summed E-state index contributed by atoms with van der Waals surface area (Å²) in [5, 5.41) is 14.0. The van der Waals surface area contributed by atoms with E-state index in [-0.39, 0.29) is 23.8 Å². The largest absolute Gasteiger partial charge is 0.461 e. The highest BCUT2D eigenvalue weighted by Gasteiger charge is 2.53. The molecule has 9 nitrogen and oxygen atoms in total. The van der Waals surface area contributed by atoms with Gasteiger partial charge in [-0.05, 0) is 18.1 Å². The summed E-state index contributed by atoms with van der Waals surface area (Å²) in [6.07, 6.45) is 1.95. The van der Waals surface area contributed by atoms with E-state index in [0.717, 1.165) is 6.54 Å². The fourth-order valence-electron chi connectivity index (χ4n) is 4.19. The van der Waals surface area contributed by atoms with Crippen LogP contribution in [0.25, 0.3) is 11.6 Å². The standard InChI is InChI=1S/C18H24N4O5/c1-25-6-4-16(24)22-8-13-7-21(10-18(13,11-22)12-23)9-15-19-17(20-27-15)14-3-2-5-26-14/h2-3,5,13,23H,4,6-12H2,1H3. The molecule has 2 fully saturated rings. The smallest absolute Gasteiger partial charge is 0.241 e. The molecule has 0 radical (unpaired) electrons. The summed E-state index contributed by atoms with van der Waals surface area (Å²) in [7, 11) is 1.59. The van der Waals surface area contributed by atoms with Crippen molar-refractivity contribution >= 4 is 5.91 Å². The van der Waals surface area contributed by atoms with Gasteiger partial charge in [0.2, 0.25) is 17.6 Å². The summed E-state index contributed by atoms with van der Waals surface area (Å²) in [6.45, 7) is 3.73. The summed E-state index contributed by atoms with van der Waals surface area (Å²) in [4.78, 5) is 20.7. The lowest BCUT2D eigenvalue weighted by atomic mass is 9.82. The van der Waals surface area contributed by atoms with Crippen LogP contribution in [-0.2, 0) is 16.1 Å². The summed E-state index contributed by atoms with van der Waals surface area (Å²) >= 11 is 0. The van der Waals surface area contributed by atoms with Gasteiger partial charge < -0.3 is 23.7 Å². The lowest BCUT2D eigenvalue weighted by molar-refractivity contribution is -0.131. The minimum atomic E-state index is -0.285. The molecule has 2 unspecified atom stereocenters. The Hall–Kier alpha value is -2.23. The molecule has 9 heteroatoms. The lowest BCUT2D eigenvalue weighted by Gasteiger charge is -2.27. The first-order valence-electron chi connectivity index (χ1n) is 9.10. The van der Waals surface area contributed by atoms with Crippen LogP contribution < -0.4 is 0 Å². The third-order valence-electron chi connectivity index (χ3n) is 5.59. The van der Waals surface area contributed by atoms with Gasteiger partial charge >= 0.3 is 0 Å². The second kappa shape index (κ2) is 7.41. The molecule has 2 aromatic rings. The van der Waals surface area contributed by atoms with Gasteiger partial charge in [-0.3, -0.25) is 9.69 Å². The fraction of sp³-hybridized carbons (Fsp3) is 0.611. The van der Waals surface area contributed by atoms with Gasteiger partial charge in [0.1, 0.15) is 0 Å². The molecule has 4 rings (SSSR count). The quantitative estimate of drug-likeness (QED) is 0.750. The number of likely N-dealkylation sites (tertiary alicyclic amines) is 2. The van der Waals surface area contributed by atoms with Crippen molar-refractivity contribution in [3.63, 3.8) is 0 Å². The van der Waals surface area contributed by atoms with Crippen molar-refractivity contribution in [3.05, 3.63) is 24.3 Å². The van der Waals surface area contributed by atoms with Crippen molar-refractivity contribution in [3.8, 4) is 11.6 Å². The minimum absolute atomic E-state index is 0.0592. The summed E-state index contributed by atoms with van der Waals surface area (Å²) in [6, 6.07) is 3.56. The van der Waals surface area contributed by atoms with Crippen LogP contribution in [0, 0.1) is 11.3 Å². The molecule has 0 aromatic carbocycles. The topological polar surface area (TPSA) is 105 Å². The molecular weight excluding hydrogens is 352 g/mol. The number of carbonyl (C=O) groups excluding carboxylic acids is 1. The maximum atomic E-state index is 12.3. The number of amides is 1. The number of furan rings is 1. The number of hydrogen-bond donors (Lipinski definition) is 1. The van der Waals surface area contributed by atoms with Gasteiger partial charge in [0.05, 0.1) is 32.4 Å². The highest BCUT2D eigenvalue weighted by atomic mass is 16.5. The van der Waals surface area contributed by atoms with Crippen LogP contribution >= 0.6 is 0 Å². The zero-order valence-corrected chi connectivity index (χ0v) is 15.3.